The zero-order valence-corrected chi connectivity index (χ0v) is 27.9. The van der Waals surface area contributed by atoms with Crippen molar-refractivity contribution in [1.82, 2.24) is 20.9 Å². The van der Waals surface area contributed by atoms with Crippen LogP contribution in [0.1, 0.15) is 138 Å². The van der Waals surface area contributed by atoms with Crippen molar-refractivity contribution in [2.24, 2.45) is 0 Å². The van der Waals surface area contributed by atoms with Gasteiger partial charge in [0.1, 0.15) is 5.75 Å². The molecule has 8 heteroatoms. The number of aryl methyl sites for hydroxylation is 1. The predicted molar refractivity (Wildman–Crippen MR) is 178 cm³/mol. The maximum absolute atomic E-state index is 12.5. The van der Waals surface area contributed by atoms with E-state index >= 15 is 0 Å². The number of rotatable bonds is 26. The number of carbonyl (C=O) groups excluding carboxylic acids is 3. The summed E-state index contributed by atoms with van der Waals surface area (Å²) in [5.41, 5.74) is 1.12. The van der Waals surface area contributed by atoms with Crippen molar-refractivity contribution in [2.75, 3.05) is 40.8 Å². The molecule has 0 aliphatic heterocycles. The molecule has 0 unspecified atom stereocenters. The summed E-state index contributed by atoms with van der Waals surface area (Å²) in [6, 6.07) is 4.95. The van der Waals surface area contributed by atoms with Gasteiger partial charge in [0.25, 0.3) is 5.91 Å². The van der Waals surface area contributed by atoms with Crippen molar-refractivity contribution < 1.29 is 19.1 Å². The Morgan fingerprint density at radius 3 is 1.79 bits per heavy atom. The quantitative estimate of drug-likeness (QED) is 0.0960. The highest BCUT2D eigenvalue weighted by Crippen LogP contribution is 2.22. The van der Waals surface area contributed by atoms with Gasteiger partial charge in [-0.25, -0.2) is 4.79 Å². The molecule has 8 nitrogen and oxygen atoms in total. The summed E-state index contributed by atoms with van der Waals surface area (Å²) < 4.78 is 5.58. The predicted octanol–water partition coefficient (Wildman–Crippen LogP) is 7.40. The van der Waals surface area contributed by atoms with Crippen LogP contribution in [0.4, 0.5) is 4.79 Å². The van der Waals surface area contributed by atoms with Gasteiger partial charge < -0.3 is 25.6 Å². The van der Waals surface area contributed by atoms with Gasteiger partial charge in [-0.3, -0.25) is 9.59 Å². The molecule has 1 aromatic carbocycles. The number of unbranched alkanes of at least 4 members (excludes halogenated alkanes) is 15. The van der Waals surface area contributed by atoms with Crippen molar-refractivity contribution in [3.05, 3.63) is 29.3 Å². The summed E-state index contributed by atoms with van der Waals surface area (Å²) in [6.45, 7) is 4.35. The van der Waals surface area contributed by atoms with Crippen LogP contribution in [0.3, 0.4) is 0 Å². The fourth-order valence-electron chi connectivity index (χ4n) is 5.12. The lowest BCUT2D eigenvalue weighted by Gasteiger charge is -2.13. The van der Waals surface area contributed by atoms with Crippen molar-refractivity contribution in [1.29, 1.82) is 0 Å². The van der Waals surface area contributed by atoms with E-state index < -0.39 is 6.09 Å². The monoisotopic (exact) mass is 602 g/mol. The van der Waals surface area contributed by atoms with E-state index in [2.05, 4.69) is 27.8 Å². The Labute approximate surface area is 262 Å². The van der Waals surface area contributed by atoms with Gasteiger partial charge in [-0.15, -0.1) is 0 Å². The van der Waals surface area contributed by atoms with Gasteiger partial charge in [0.2, 0.25) is 5.91 Å². The largest absolute Gasteiger partial charge is 0.412 e. The molecule has 0 radical (unpaired) electrons. The van der Waals surface area contributed by atoms with E-state index in [0.717, 1.165) is 25.8 Å². The van der Waals surface area contributed by atoms with Crippen LogP contribution in [-0.4, -0.2) is 63.6 Å². The van der Waals surface area contributed by atoms with Crippen LogP contribution in [0.25, 0.3) is 0 Å². The first-order valence-electron chi connectivity index (χ1n) is 17.1. The van der Waals surface area contributed by atoms with Crippen molar-refractivity contribution in [2.45, 2.75) is 129 Å². The number of ether oxygens (including phenoxy) is 1. The van der Waals surface area contributed by atoms with Gasteiger partial charge in [0.05, 0.1) is 0 Å². The molecule has 0 aromatic heterocycles. The van der Waals surface area contributed by atoms with Crippen molar-refractivity contribution >= 4 is 17.9 Å². The number of nitrogens with zero attached hydrogens (tertiary/aromatic N) is 1. The molecular formula is C35H62N4O4. The molecule has 246 valence electrons. The second-order valence-corrected chi connectivity index (χ2v) is 12.0. The molecule has 0 atom stereocenters. The first kappa shape index (κ1) is 38.4. The lowest BCUT2D eigenvalue weighted by atomic mass is 10.0. The minimum Gasteiger partial charge on any atom is -0.410 e. The Morgan fingerprint density at radius 1 is 0.721 bits per heavy atom. The molecule has 0 saturated carbocycles. The van der Waals surface area contributed by atoms with Gasteiger partial charge >= 0.3 is 6.09 Å². The summed E-state index contributed by atoms with van der Waals surface area (Å²) >= 11 is 0. The molecule has 0 fully saturated rings. The van der Waals surface area contributed by atoms with Crippen LogP contribution >= 0.6 is 0 Å². The maximum Gasteiger partial charge on any atom is 0.412 e. The number of amides is 3. The van der Waals surface area contributed by atoms with Crippen LogP contribution in [0.2, 0.25) is 0 Å². The molecule has 0 heterocycles. The third-order valence-electron chi connectivity index (χ3n) is 7.78. The number of hydrogen-bond acceptors (Lipinski definition) is 5. The fourth-order valence-corrected chi connectivity index (χ4v) is 5.12. The molecule has 0 saturated heterocycles. The average molecular weight is 603 g/mol. The van der Waals surface area contributed by atoms with Crippen LogP contribution < -0.4 is 20.7 Å². The standard InChI is InChI=1S/C35H62N4O4/c1-5-6-7-8-9-10-11-12-13-14-15-16-17-18-19-20-26-38-35(42)43-32-24-22-31(34(41)36-2)29-30(32)23-25-33(40)37-27-21-28-39(3)4/h22,24,29H,5-21,23,25-28H2,1-4H3,(H,36,41)(H,37,40)(H,38,42). The highest BCUT2D eigenvalue weighted by molar-refractivity contribution is 5.94. The lowest BCUT2D eigenvalue weighted by molar-refractivity contribution is -0.121. The van der Waals surface area contributed by atoms with E-state index in [9.17, 15) is 14.4 Å². The Morgan fingerprint density at radius 2 is 1.26 bits per heavy atom. The highest BCUT2D eigenvalue weighted by Gasteiger charge is 2.14. The Bertz CT molecular complexity index is 891. The number of carbonyl (C=O) groups is 3. The number of nitrogens with one attached hydrogen (secondary N) is 3. The molecule has 0 bridgehead atoms. The van der Waals surface area contributed by atoms with Gasteiger partial charge in [0, 0.05) is 32.1 Å². The summed E-state index contributed by atoms with van der Waals surface area (Å²) in [6.07, 6.45) is 22.0. The lowest BCUT2D eigenvalue weighted by Crippen LogP contribution is -2.28. The van der Waals surface area contributed by atoms with Crippen molar-refractivity contribution in [3.8, 4) is 5.75 Å². The van der Waals surface area contributed by atoms with Gasteiger partial charge in [-0.1, -0.05) is 103 Å². The third kappa shape index (κ3) is 20.9. The number of hydrogen-bond donors (Lipinski definition) is 3. The topological polar surface area (TPSA) is 99.8 Å². The molecule has 3 N–H and O–H groups in total. The highest BCUT2D eigenvalue weighted by atomic mass is 16.6. The number of benzene rings is 1. The van der Waals surface area contributed by atoms with Gasteiger partial charge in [-0.05, 0) is 63.7 Å². The van der Waals surface area contributed by atoms with Crippen LogP contribution in [0.5, 0.6) is 5.75 Å². The average Bonchev–Trinajstić information content (AvgIpc) is 2.99. The maximum atomic E-state index is 12.5. The second kappa shape index (κ2) is 25.8. The van der Waals surface area contributed by atoms with Crippen LogP contribution in [-0.2, 0) is 11.2 Å². The second-order valence-electron chi connectivity index (χ2n) is 12.0. The van der Waals surface area contributed by atoms with E-state index in [0.29, 0.717) is 36.4 Å². The van der Waals surface area contributed by atoms with Crippen molar-refractivity contribution in [3.63, 3.8) is 0 Å². The summed E-state index contributed by atoms with van der Waals surface area (Å²) in [5.74, 6) is 0.0782. The molecule has 0 aliphatic rings. The van der Waals surface area contributed by atoms with E-state index in [1.165, 1.54) is 89.9 Å². The molecule has 3 amide bonds. The van der Waals surface area contributed by atoms with Gasteiger partial charge in [-0.2, -0.15) is 0 Å². The first-order chi connectivity index (χ1) is 20.9. The Kier molecular flexibility index (Phi) is 23.1. The fraction of sp³-hybridized carbons (Fsp3) is 0.743. The molecule has 43 heavy (non-hydrogen) atoms. The first-order valence-corrected chi connectivity index (χ1v) is 17.1. The zero-order chi connectivity index (χ0) is 31.5. The Hall–Kier alpha value is -2.61. The minimum atomic E-state index is -0.511. The normalized spacial score (nSPS) is 11.0. The SMILES string of the molecule is CCCCCCCCCCCCCCCCCCNC(=O)Oc1ccc(C(=O)NC)cc1CCC(=O)NCCCN(C)C. The van der Waals surface area contributed by atoms with Crippen LogP contribution in [0.15, 0.2) is 18.2 Å². The molecule has 1 rings (SSSR count). The van der Waals surface area contributed by atoms with E-state index in [1.807, 2.05) is 14.1 Å². The summed E-state index contributed by atoms with van der Waals surface area (Å²) in [4.78, 5) is 39.0. The van der Waals surface area contributed by atoms with E-state index in [-0.39, 0.29) is 18.2 Å². The zero-order valence-electron chi connectivity index (χ0n) is 27.9. The minimum absolute atomic E-state index is 0.0667. The smallest absolute Gasteiger partial charge is 0.410 e. The van der Waals surface area contributed by atoms with E-state index in [4.69, 9.17) is 4.74 Å². The van der Waals surface area contributed by atoms with Gasteiger partial charge in [0.15, 0.2) is 0 Å². The Balaban J connectivity index is 2.24. The molecule has 1 aromatic rings. The molecular weight excluding hydrogens is 540 g/mol. The molecule has 0 spiro atoms. The molecule has 0 aliphatic carbocycles. The summed E-state index contributed by atoms with van der Waals surface area (Å²) in [7, 11) is 5.57. The summed E-state index contributed by atoms with van der Waals surface area (Å²) in [5, 5.41) is 8.38. The van der Waals surface area contributed by atoms with E-state index in [1.54, 1.807) is 25.2 Å². The third-order valence-corrected chi connectivity index (χ3v) is 7.78. The van der Waals surface area contributed by atoms with Crippen LogP contribution in [0, 0.1) is 0 Å².